The number of hydrogen-bond acceptors (Lipinski definition) is 3. The monoisotopic (exact) mass is 808 g/mol. The Morgan fingerprint density at radius 3 is 2.28 bits per heavy atom. The van der Waals surface area contributed by atoms with Crippen molar-refractivity contribution in [3.63, 3.8) is 0 Å². The molecule has 0 saturated heterocycles. The van der Waals surface area contributed by atoms with E-state index in [-0.39, 0.29) is 11.3 Å². The summed E-state index contributed by atoms with van der Waals surface area (Å²) in [6.07, 6.45) is 20.5. The molecule has 2 aliphatic carbocycles. The van der Waals surface area contributed by atoms with Crippen LogP contribution in [0.2, 0.25) is 0 Å². The summed E-state index contributed by atoms with van der Waals surface area (Å²) in [5.74, 6) is 1.04. The Hall–Kier alpha value is -6.29. The molecule has 6 aromatic rings. The lowest BCUT2D eigenvalue weighted by atomic mass is 9.69. The van der Waals surface area contributed by atoms with Crippen LogP contribution in [0.5, 0.6) is 0 Å². The van der Waals surface area contributed by atoms with Gasteiger partial charge in [0.2, 0.25) is 0 Å². The van der Waals surface area contributed by atoms with Crippen molar-refractivity contribution >= 4 is 46.3 Å². The van der Waals surface area contributed by atoms with Crippen LogP contribution in [0.15, 0.2) is 211 Å². The molecule has 5 unspecified atom stereocenters. The quantitative estimate of drug-likeness (QED) is 0.136. The van der Waals surface area contributed by atoms with Crippen LogP contribution < -0.4 is 9.80 Å². The molecule has 10 rings (SSSR count). The minimum atomic E-state index is -0.301. The van der Waals surface area contributed by atoms with Gasteiger partial charge < -0.3 is 9.80 Å². The first kappa shape index (κ1) is 38.9. The van der Waals surface area contributed by atoms with E-state index in [1.54, 1.807) is 0 Å². The van der Waals surface area contributed by atoms with E-state index in [9.17, 15) is 0 Å². The lowest BCUT2D eigenvalue weighted by Crippen LogP contribution is -2.32. The maximum absolute atomic E-state index is 4.98. The molecule has 3 heteroatoms. The van der Waals surface area contributed by atoms with Gasteiger partial charge in [0.15, 0.2) is 0 Å². The summed E-state index contributed by atoms with van der Waals surface area (Å²) in [5.41, 5.74) is 16.6. The topological polar surface area (TPSA) is 6.48 Å². The van der Waals surface area contributed by atoms with Crippen molar-refractivity contribution in [3.05, 3.63) is 223 Å². The molecular weight excluding hydrogens is 757 g/mol. The molecule has 2 heterocycles. The normalized spacial score (nSPS) is 21.4. The van der Waals surface area contributed by atoms with E-state index in [2.05, 4.69) is 219 Å². The molecule has 4 aliphatic rings. The number of nitrogens with zero attached hydrogens (tertiary/aromatic N) is 2. The molecule has 0 aromatic heterocycles. The molecule has 0 spiro atoms. The second-order valence-corrected chi connectivity index (χ2v) is 18.3. The van der Waals surface area contributed by atoms with Crippen LogP contribution in [0.25, 0.3) is 28.3 Å². The summed E-state index contributed by atoms with van der Waals surface area (Å²) >= 11 is 2.01. The van der Waals surface area contributed by atoms with E-state index in [4.69, 9.17) is 6.58 Å². The summed E-state index contributed by atoms with van der Waals surface area (Å²) in [7, 11) is 0. The van der Waals surface area contributed by atoms with Gasteiger partial charge in [-0.2, -0.15) is 0 Å². The third-order valence-electron chi connectivity index (χ3n) is 13.8. The first-order chi connectivity index (χ1) is 29.9. The Kier molecular flexibility index (Phi) is 10.2. The molecule has 0 fully saturated rings. The van der Waals surface area contributed by atoms with Crippen molar-refractivity contribution in [1.82, 2.24) is 0 Å². The molecule has 0 bridgehead atoms. The lowest BCUT2D eigenvalue weighted by molar-refractivity contribution is 0.367. The van der Waals surface area contributed by atoms with E-state index < -0.39 is 0 Å². The fourth-order valence-electron chi connectivity index (χ4n) is 10.2. The molecule has 0 N–H and O–H groups in total. The summed E-state index contributed by atoms with van der Waals surface area (Å²) in [5, 5.41) is 0.341. The van der Waals surface area contributed by atoms with Gasteiger partial charge in [0.05, 0.1) is 17.1 Å². The smallest absolute Gasteiger partial charge is 0.0551 e. The Labute approximate surface area is 366 Å². The largest absolute Gasteiger partial charge is 0.313 e. The van der Waals surface area contributed by atoms with E-state index in [0.29, 0.717) is 17.1 Å². The van der Waals surface area contributed by atoms with Gasteiger partial charge in [0, 0.05) is 44.5 Å². The number of benzene rings is 6. The van der Waals surface area contributed by atoms with Gasteiger partial charge >= 0.3 is 0 Å². The van der Waals surface area contributed by atoms with E-state index >= 15 is 0 Å². The van der Waals surface area contributed by atoms with E-state index in [0.717, 1.165) is 41.2 Å². The maximum atomic E-state index is 4.98. The van der Waals surface area contributed by atoms with Crippen molar-refractivity contribution in [2.75, 3.05) is 9.80 Å². The summed E-state index contributed by atoms with van der Waals surface area (Å²) in [4.78, 5) is 6.29. The third kappa shape index (κ3) is 6.58. The second-order valence-electron chi connectivity index (χ2n) is 17.0. The Morgan fingerprint density at radius 1 is 0.787 bits per heavy atom. The van der Waals surface area contributed by atoms with Gasteiger partial charge in [-0.1, -0.05) is 179 Å². The summed E-state index contributed by atoms with van der Waals surface area (Å²) < 4.78 is 0. The number of allylic oxidation sites excluding steroid dienone is 8. The summed E-state index contributed by atoms with van der Waals surface area (Å²) in [6, 6.07) is 51.2. The minimum Gasteiger partial charge on any atom is -0.313 e. The van der Waals surface area contributed by atoms with Gasteiger partial charge in [-0.15, -0.1) is 11.8 Å². The first-order valence-corrected chi connectivity index (χ1v) is 22.7. The number of hydrogen-bond donors (Lipinski definition) is 0. The van der Waals surface area contributed by atoms with Crippen molar-refractivity contribution in [3.8, 4) is 22.3 Å². The molecule has 0 saturated carbocycles. The van der Waals surface area contributed by atoms with Crippen LogP contribution in [0.4, 0.5) is 28.4 Å². The van der Waals surface area contributed by atoms with Gasteiger partial charge in [-0.3, -0.25) is 0 Å². The number of anilines is 5. The van der Waals surface area contributed by atoms with Crippen LogP contribution in [-0.2, 0) is 5.41 Å². The van der Waals surface area contributed by atoms with E-state index in [1.807, 2.05) is 17.8 Å². The van der Waals surface area contributed by atoms with Crippen LogP contribution >= 0.6 is 11.8 Å². The second kappa shape index (κ2) is 16.0. The third-order valence-corrected chi connectivity index (χ3v) is 15.1. The molecule has 0 radical (unpaired) electrons. The van der Waals surface area contributed by atoms with Gasteiger partial charge in [0.25, 0.3) is 0 Å². The zero-order valence-electron chi connectivity index (χ0n) is 35.3. The highest BCUT2D eigenvalue weighted by Gasteiger charge is 2.48. The highest BCUT2D eigenvalue weighted by molar-refractivity contribution is 8.00. The Bertz CT molecular complexity index is 2790. The Morgan fingerprint density at radius 2 is 1.52 bits per heavy atom. The van der Waals surface area contributed by atoms with Crippen LogP contribution in [0, 0.1) is 11.8 Å². The number of thioether (sulfide) groups is 1. The fourth-order valence-corrected chi connectivity index (χ4v) is 11.6. The average Bonchev–Trinajstić information content (AvgIpc) is 3.81. The maximum Gasteiger partial charge on any atom is 0.0551 e. The molecule has 5 atom stereocenters. The van der Waals surface area contributed by atoms with Crippen molar-refractivity contribution in [2.24, 2.45) is 11.8 Å². The highest BCUT2D eigenvalue weighted by atomic mass is 32.2. The summed E-state index contributed by atoms with van der Waals surface area (Å²) in [6.45, 7) is 16.4. The Balaban J connectivity index is 1.15. The predicted octanol–water partition coefficient (Wildman–Crippen LogP) is 16.3. The standard InChI is InChI=1S/C58H52N2S/c1-6-39(3)58(5)40(4)59(52-30-18-28-49(57(52)58)44-24-15-10-16-25-44)53-38-48(34-32-41(53)7-2)60(47-27-17-26-45(36-47)42-20-11-8-12-21-42)51-29-19-31-54-56(51)50-35-33-46(37-55(50)61-54)43-22-13-9-14-23-43/h7-22,24-39,43,50,55H,2,4,6,23H2,1,3,5H3. The molecule has 300 valence electrons. The first-order valence-electron chi connectivity index (χ1n) is 21.8. The molecular formula is C58H52N2S. The van der Waals surface area contributed by atoms with Crippen LogP contribution in [0.3, 0.4) is 0 Å². The molecule has 0 amide bonds. The van der Waals surface area contributed by atoms with Gasteiger partial charge in [0.1, 0.15) is 0 Å². The molecule has 2 aliphatic heterocycles. The predicted molar refractivity (Wildman–Crippen MR) is 263 cm³/mol. The van der Waals surface area contributed by atoms with Crippen LogP contribution in [0.1, 0.15) is 56.2 Å². The lowest BCUT2D eigenvalue weighted by Gasteiger charge is -2.36. The van der Waals surface area contributed by atoms with Crippen molar-refractivity contribution in [2.45, 2.75) is 55.1 Å². The fraction of sp³-hybridized carbons (Fsp3) is 0.172. The van der Waals surface area contributed by atoms with Crippen molar-refractivity contribution < 1.29 is 0 Å². The SMILES string of the molecule is C=Cc1ccc(N(c2cccc(-c3ccccc3)c2)c2cccc3c2C2C=CC(C4C=CC=CC4)=CC2S3)cc1N1C(=C)C(C)(C(C)CC)c2c(-c3ccccc3)cccc21. The average molecular weight is 809 g/mol. The van der Waals surface area contributed by atoms with Gasteiger partial charge in [-0.05, 0) is 106 Å². The van der Waals surface area contributed by atoms with Crippen molar-refractivity contribution in [1.29, 1.82) is 0 Å². The highest BCUT2D eigenvalue weighted by Crippen LogP contribution is 2.59. The van der Waals surface area contributed by atoms with E-state index in [1.165, 1.54) is 55.2 Å². The molecule has 2 nitrogen and oxygen atoms in total. The number of rotatable bonds is 10. The minimum absolute atomic E-state index is 0.257. The molecule has 61 heavy (non-hydrogen) atoms. The van der Waals surface area contributed by atoms with Crippen LogP contribution in [-0.4, -0.2) is 5.25 Å². The number of fused-ring (bicyclic) bond motifs is 4. The zero-order valence-corrected chi connectivity index (χ0v) is 36.2. The molecule has 6 aromatic carbocycles. The van der Waals surface area contributed by atoms with Gasteiger partial charge in [-0.25, -0.2) is 0 Å². The zero-order chi connectivity index (χ0) is 41.7.